The van der Waals surface area contributed by atoms with Crippen LogP contribution in [0.5, 0.6) is 11.5 Å². The molecule has 1 saturated heterocycles. The SMILES string of the molecule is COc1ccc(C(C(=O)O)N2CCCNCC2)c(OC)c1. The number of carboxylic acid groups (broad SMARTS) is 1. The van der Waals surface area contributed by atoms with Crippen LogP contribution >= 0.6 is 0 Å². The average Bonchev–Trinajstić information content (AvgIpc) is 2.76. The van der Waals surface area contributed by atoms with E-state index in [4.69, 9.17) is 9.47 Å². The van der Waals surface area contributed by atoms with Crippen molar-refractivity contribution in [1.29, 1.82) is 0 Å². The van der Waals surface area contributed by atoms with Gasteiger partial charge in [0.15, 0.2) is 0 Å². The predicted molar refractivity (Wildman–Crippen MR) is 79.0 cm³/mol. The first-order chi connectivity index (χ1) is 10.2. The summed E-state index contributed by atoms with van der Waals surface area (Å²) in [7, 11) is 3.12. The van der Waals surface area contributed by atoms with Gasteiger partial charge in [0.1, 0.15) is 17.5 Å². The Bertz CT molecular complexity index is 485. The Morgan fingerprint density at radius 3 is 2.76 bits per heavy atom. The molecule has 0 radical (unpaired) electrons. The van der Waals surface area contributed by atoms with Crippen LogP contribution in [-0.4, -0.2) is 56.4 Å². The second-order valence-corrected chi connectivity index (χ2v) is 4.99. The van der Waals surface area contributed by atoms with Crippen LogP contribution in [0.15, 0.2) is 18.2 Å². The maximum absolute atomic E-state index is 11.8. The molecule has 0 aliphatic carbocycles. The van der Waals surface area contributed by atoms with E-state index in [2.05, 4.69) is 5.32 Å². The largest absolute Gasteiger partial charge is 0.497 e. The van der Waals surface area contributed by atoms with E-state index in [1.807, 2.05) is 4.90 Å². The molecule has 0 spiro atoms. The number of nitrogens with one attached hydrogen (secondary N) is 1. The van der Waals surface area contributed by atoms with E-state index in [0.29, 0.717) is 23.6 Å². The van der Waals surface area contributed by atoms with Crippen molar-refractivity contribution in [2.75, 3.05) is 40.4 Å². The number of benzene rings is 1. The molecule has 2 N–H and O–H groups in total. The number of aliphatic carboxylic acids is 1. The van der Waals surface area contributed by atoms with Gasteiger partial charge in [-0.15, -0.1) is 0 Å². The van der Waals surface area contributed by atoms with Crippen molar-refractivity contribution in [1.82, 2.24) is 10.2 Å². The molecule has 1 unspecified atom stereocenters. The zero-order valence-corrected chi connectivity index (χ0v) is 12.5. The maximum Gasteiger partial charge on any atom is 0.325 e. The van der Waals surface area contributed by atoms with Crippen LogP contribution in [0, 0.1) is 0 Å². The van der Waals surface area contributed by atoms with Gasteiger partial charge in [-0.25, -0.2) is 0 Å². The van der Waals surface area contributed by atoms with Crippen LogP contribution in [0.3, 0.4) is 0 Å². The molecule has 116 valence electrons. The summed E-state index contributed by atoms with van der Waals surface area (Å²) in [4.78, 5) is 13.8. The van der Waals surface area contributed by atoms with Gasteiger partial charge in [-0.3, -0.25) is 9.69 Å². The van der Waals surface area contributed by atoms with Crippen LogP contribution in [0.2, 0.25) is 0 Å². The number of carbonyl (C=O) groups is 1. The lowest BCUT2D eigenvalue weighted by Crippen LogP contribution is -2.36. The van der Waals surface area contributed by atoms with E-state index in [0.717, 1.165) is 26.1 Å². The highest BCUT2D eigenvalue weighted by Gasteiger charge is 2.30. The first kappa shape index (κ1) is 15.6. The summed E-state index contributed by atoms with van der Waals surface area (Å²) in [5, 5.41) is 13.0. The van der Waals surface area contributed by atoms with Crippen LogP contribution in [0.25, 0.3) is 0 Å². The zero-order chi connectivity index (χ0) is 15.2. The number of hydrogen-bond donors (Lipinski definition) is 2. The summed E-state index contributed by atoms with van der Waals surface area (Å²) in [6, 6.07) is 4.56. The van der Waals surface area contributed by atoms with E-state index in [9.17, 15) is 9.90 Å². The number of hydrogen-bond acceptors (Lipinski definition) is 5. The number of rotatable bonds is 5. The molecule has 1 heterocycles. The van der Waals surface area contributed by atoms with Gasteiger partial charge in [0.2, 0.25) is 0 Å². The minimum absolute atomic E-state index is 0.541. The Hall–Kier alpha value is -1.79. The highest BCUT2D eigenvalue weighted by molar-refractivity contribution is 5.77. The fourth-order valence-electron chi connectivity index (χ4n) is 2.66. The lowest BCUT2D eigenvalue weighted by Gasteiger charge is -2.28. The maximum atomic E-state index is 11.8. The topological polar surface area (TPSA) is 71.0 Å². The molecule has 6 heteroatoms. The minimum Gasteiger partial charge on any atom is -0.497 e. The smallest absolute Gasteiger partial charge is 0.325 e. The van der Waals surface area contributed by atoms with Crippen molar-refractivity contribution in [3.63, 3.8) is 0 Å². The Morgan fingerprint density at radius 2 is 2.10 bits per heavy atom. The molecule has 1 aromatic carbocycles. The second kappa shape index (κ2) is 7.28. The Kier molecular flexibility index (Phi) is 5.41. The molecule has 1 aromatic rings. The Labute approximate surface area is 124 Å². The van der Waals surface area contributed by atoms with Crippen molar-refractivity contribution >= 4 is 5.97 Å². The molecule has 0 amide bonds. The van der Waals surface area contributed by atoms with Crippen molar-refractivity contribution in [3.05, 3.63) is 23.8 Å². The lowest BCUT2D eigenvalue weighted by molar-refractivity contribution is -0.143. The van der Waals surface area contributed by atoms with Gasteiger partial charge in [0.25, 0.3) is 0 Å². The van der Waals surface area contributed by atoms with Gasteiger partial charge in [0.05, 0.1) is 14.2 Å². The summed E-state index contributed by atoms with van der Waals surface area (Å²) < 4.78 is 10.5. The van der Waals surface area contributed by atoms with Crippen molar-refractivity contribution < 1.29 is 19.4 Å². The third-order valence-corrected chi connectivity index (χ3v) is 3.71. The molecule has 0 saturated carbocycles. The molecule has 0 aromatic heterocycles. The predicted octanol–water partition coefficient (Wildman–Crippen LogP) is 1.12. The molecular weight excluding hydrogens is 272 g/mol. The van der Waals surface area contributed by atoms with Crippen LogP contribution in [0.1, 0.15) is 18.0 Å². The Balaban J connectivity index is 2.35. The van der Waals surface area contributed by atoms with Gasteiger partial charge in [-0.1, -0.05) is 0 Å². The molecular formula is C15H22N2O4. The van der Waals surface area contributed by atoms with Gasteiger partial charge >= 0.3 is 5.97 Å². The standard InChI is InChI=1S/C15H22N2O4/c1-20-11-4-5-12(13(10-11)21-2)14(15(18)19)17-8-3-6-16-7-9-17/h4-5,10,14,16H,3,6-9H2,1-2H3,(H,18,19). The molecule has 1 atom stereocenters. The van der Waals surface area contributed by atoms with E-state index in [1.54, 1.807) is 32.4 Å². The van der Waals surface area contributed by atoms with Gasteiger partial charge in [-0.05, 0) is 25.1 Å². The fraction of sp³-hybridized carbons (Fsp3) is 0.533. The third-order valence-electron chi connectivity index (χ3n) is 3.71. The zero-order valence-electron chi connectivity index (χ0n) is 12.5. The van der Waals surface area contributed by atoms with Gasteiger partial charge in [-0.2, -0.15) is 0 Å². The van der Waals surface area contributed by atoms with Crippen LogP contribution in [0.4, 0.5) is 0 Å². The molecule has 6 nitrogen and oxygen atoms in total. The average molecular weight is 294 g/mol. The third kappa shape index (κ3) is 3.65. The van der Waals surface area contributed by atoms with E-state index < -0.39 is 12.0 Å². The summed E-state index contributed by atoms with van der Waals surface area (Å²) in [6.45, 7) is 3.16. The van der Waals surface area contributed by atoms with Crippen molar-refractivity contribution in [2.24, 2.45) is 0 Å². The number of carboxylic acids is 1. The fourth-order valence-corrected chi connectivity index (χ4v) is 2.66. The highest BCUT2D eigenvalue weighted by atomic mass is 16.5. The summed E-state index contributed by atoms with van der Waals surface area (Å²) >= 11 is 0. The van der Waals surface area contributed by atoms with E-state index >= 15 is 0 Å². The summed E-state index contributed by atoms with van der Waals surface area (Å²) in [6.07, 6.45) is 0.933. The number of ether oxygens (including phenoxy) is 2. The molecule has 1 aliphatic heterocycles. The first-order valence-corrected chi connectivity index (χ1v) is 7.07. The quantitative estimate of drug-likeness (QED) is 0.848. The molecule has 1 fully saturated rings. The highest BCUT2D eigenvalue weighted by Crippen LogP contribution is 2.33. The lowest BCUT2D eigenvalue weighted by atomic mass is 10.0. The van der Waals surface area contributed by atoms with Gasteiger partial charge < -0.3 is 19.9 Å². The van der Waals surface area contributed by atoms with Crippen LogP contribution < -0.4 is 14.8 Å². The number of nitrogens with zero attached hydrogens (tertiary/aromatic N) is 1. The molecule has 0 bridgehead atoms. The van der Waals surface area contributed by atoms with Crippen LogP contribution in [-0.2, 0) is 4.79 Å². The summed E-state index contributed by atoms with van der Waals surface area (Å²) in [5.41, 5.74) is 0.660. The minimum atomic E-state index is -0.861. The molecule has 21 heavy (non-hydrogen) atoms. The monoisotopic (exact) mass is 294 g/mol. The summed E-state index contributed by atoms with van der Waals surface area (Å²) in [5.74, 6) is 0.330. The first-order valence-electron chi connectivity index (χ1n) is 7.07. The Morgan fingerprint density at radius 1 is 1.29 bits per heavy atom. The van der Waals surface area contributed by atoms with Gasteiger partial charge in [0, 0.05) is 31.3 Å². The second-order valence-electron chi connectivity index (χ2n) is 4.99. The molecule has 2 rings (SSSR count). The van der Waals surface area contributed by atoms with Crippen molar-refractivity contribution in [2.45, 2.75) is 12.5 Å². The van der Waals surface area contributed by atoms with E-state index in [1.165, 1.54) is 0 Å². The van der Waals surface area contributed by atoms with E-state index in [-0.39, 0.29) is 0 Å². The normalized spacial score (nSPS) is 17.8. The molecule has 1 aliphatic rings. The van der Waals surface area contributed by atoms with Crippen molar-refractivity contribution in [3.8, 4) is 11.5 Å². The number of methoxy groups -OCH3 is 2.